The van der Waals surface area contributed by atoms with Crippen LogP contribution in [0.15, 0.2) is 48.5 Å². The number of hydrogen-bond donors (Lipinski definition) is 1. The van der Waals surface area contributed by atoms with Crippen molar-refractivity contribution in [2.45, 2.75) is 19.1 Å². The third-order valence-electron chi connectivity index (χ3n) is 5.36. The summed E-state index contributed by atoms with van der Waals surface area (Å²) in [4.78, 5) is 28.7. The maximum atomic E-state index is 12.7. The second kappa shape index (κ2) is 10.5. The Morgan fingerprint density at radius 3 is 2.47 bits per heavy atom. The molecule has 172 valence electrons. The molecule has 0 atom stereocenters. The molecule has 2 amide bonds. The van der Waals surface area contributed by atoms with Crippen LogP contribution >= 0.6 is 0 Å². The molecule has 0 spiro atoms. The number of carbonyl (C=O) groups is 2. The second-order valence-electron chi connectivity index (χ2n) is 7.62. The Bertz CT molecular complexity index is 932. The average molecular weight is 449 g/mol. The van der Waals surface area contributed by atoms with Gasteiger partial charge < -0.3 is 15.0 Å². The van der Waals surface area contributed by atoms with Crippen LogP contribution in [0.3, 0.4) is 0 Å². The number of methoxy groups -OCH3 is 1. The van der Waals surface area contributed by atoms with E-state index in [0.29, 0.717) is 37.5 Å². The molecule has 6 nitrogen and oxygen atoms in total. The van der Waals surface area contributed by atoms with Crippen molar-refractivity contribution >= 4 is 11.8 Å². The molecule has 1 heterocycles. The van der Waals surface area contributed by atoms with Gasteiger partial charge in [-0.3, -0.25) is 14.5 Å². The molecule has 0 bridgehead atoms. The Morgan fingerprint density at radius 1 is 1.03 bits per heavy atom. The SMILES string of the molecule is COc1cccc(C(=O)NCC(=O)N2CCCN(Cc3ccc(C(F)(F)F)cc3)CC2)c1. The number of nitrogens with one attached hydrogen (secondary N) is 1. The van der Waals surface area contributed by atoms with Crippen molar-refractivity contribution in [1.29, 1.82) is 0 Å². The van der Waals surface area contributed by atoms with Gasteiger partial charge in [-0.2, -0.15) is 13.2 Å². The molecule has 1 N–H and O–H groups in total. The van der Waals surface area contributed by atoms with Gasteiger partial charge in [0.2, 0.25) is 5.91 Å². The molecule has 0 aromatic heterocycles. The average Bonchev–Trinajstić information content (AvgIpc) is 3.02. The van der Waals surface area contributed by atoms with E-state index >= 15 is 0 Å². The van der Waals surface area contributed by atoms with Crippen molar-refractivity contribution < 1.29 is 27.5 Å². The Morgan fingerprint density at radius 2 is 1.78 bits per heavy atom. The highest BCUT2D eigenvalue weighted by atomic mass is 19.4. The molecule has 0 radical (unpaired) electrons. The molecule has 32 heavy (non-hydrogen) atoms. The molecular weight excluding hydrogens is 423 g/mol. The van der Waals surface area contributed by atoms with Crippen LogP contribution in [0.2, 0.25) is 0 Å². The summed E-state index contributed by atoms with van der Waals surface area (Å²) in [6.07, 6.45) is -3.60. The zero-order chi connectivity index (χ0) is 23.1. The normalized spacial score (nSPS) is 15.2. The minimum Gasteiger partial charge on any atom is -0.497 e. The topological polar surface area (TPSA) is 61.9 Å². The lowest BCUT2D eigenvalue weighted by atomic mass is 10.1. The number of ether oxygens (including phenoxy) is 1. The Hall–Kier alpha value is -3.07. The maximum absolute atomic E-state index is 12.7. The molecule has 2 aromatic carbocycles. The minimum absolute atomic E-state index is 0.102. The number of benzene rings is 2. The van der Waals surface area contributed by atoms with Gasteiger partial charge in [-0.05, 0) is 42.3 Å². The van der Waals surface area contributed by atoms with E-state index in [0.717, 1.165) is 30.7 Å². The number of alkyl halides is 3. The van der Waals surface area contributed by atoms with Crippen molar-refractivity contribution in [3.8, 4) is 5.75 Å². The van der Waals surface area contributed by atoms with Crippen LogP contribution in [-0.4, -0.2) is 61.4 Å². The summed E-state index contributed by atoms with van der Waals surface area (Å²) in [5.74, 6) is 0.0401. The standard InChI is InChI=1S/C23H26F3N3O3/c1-32-20-5-2-4-18(14-20)22(31)27-15-21(30)29-11-3-10-28(12-13-29)16-17-6-8-19(9-7-17)23(24,25)26/h2,4-9,14H,3,10-13,15-16H2,1H3,(H,27,31). The Labute approximate surface area is 184 Å². The highest BCUT2D eigenvalue weighted by Gasteiger charge is 2.30. The molecule has 1 saturated heterocycles. The summed E-state index contributed by atoms with van der Waals surface area (Å²) in [6.45, 7) is 2.82. The van der Waals surface area contributed by atoms with E-state index < -0.39 is 11.7 Å². The molecule has 0 aliphatic carbocycles. The fraction of sp³-hybridized carbons (Fsp3) is 0.391. The predicted molar refractivity (Wildman–Crippen MR) is 113 cm³/mol. The number of carbonyl (C=O) groups excluding carboxylic acids is 2. The minimum atomic E-state index is -4.34. The fourth-order valence-corrected chi connectivity index (χ4v) is 3.57. The largest absolute Gasteiger partial charge is 0.497 e. The van der Waals surface area contributed by atoms with Crippen LogP contribution in [-0.2, 0) is 17.5 Å². The Kier molecular flexibility index (Phi) is 7.74. The van der Waals surface area contributed by atoms with Crippen molar-refractivity contribution in [2.24, 2.45) is 0 Å². The van der Waals surface area contributed by atoms with Gasteiger partial charge in [0.25, 0.3) is 5.91 Å². The lowest BCUT2D eigenvalue weighted by molar-refractivity contribution is -0.137. The van der Waals surface area contributed by atoms with Crippen molar-refractivity contribution in [3.63, 3.8) is 0 Å². The fourth-order valence-electron chi connectivity index (χ4n) is 3.57. The molecule has 2 aromatic rings. The van der Waals surface area contributed by atoms with Crippen LogP contribution in [0.5, 0.6) is 5.75 Å². The van der Waals surface area contributed by atoms with E-state index in [4.69, 9.17) is 4.74 Å². The van der Waals surface area contributed by atoms with Gasteiger partial charge in [0.15, 0.2) is 0 Å². The highest BCUT2D eigenvalue weighted by Crippen LogP contribution is 2.29. The molecule has 0 unspecified atom stereocenters. The zero-order valence-electron chi connectivity index (χ0n) is 17.8. The van der Waals surface area contributed by atoms with E-state index in [1.165, 1.54) is 19.2 Å². The Balaban J connectivity index is 1.48. The number of amides is 2. The van der Waals surface area contributed by atoms with Gasteiger partial charge in [0.1, 0.15) is 5.75 Å². The van der Waals surface area contributed by atoms with E-state index in [1.54, 1.807) is 29.2 Å². The van der Waals surface area contributed by atoms with Gasteiger partial charge in [-0.15, -0.1) is 0 Å². The van der Waals surface area contributed by atoms with Crippen LogP contribution < -0.4 is 10.1 Å². The predicted octanol–water partition coefficient (Wildman–Crippen LogP) is 3.18. The van der Waals surface area contributed by atoms with Gasteiger partial charge in [-0.25, -0.2) is 0 Å². The monoisotopic (exact) mass is 449 g/mol. The zero-order valence-corrected chi connectivity index (χ0v) is 17.8. The summed E-state index contributed by atoms with van der Waals surface area (Å²) in [5, 5.41) is 2.65. The smallest absolute Gasteiger partial charge is 0.416 e. The maximum Gasteiger partial charge on any atom is 0.416 e. The quantitative estimate of drug-likeness (QED) is 0.736. The first kappa shape index (κ1) is 23.6. The van der Waals surface area contributed by atoms with Crippen LogP contribution in [0, 0.1) is 0 Å². The number of rotatable bonds is 6. The van der Waals surface area contributed by atoms with E-state index in [1.807, 2.05) is 0 Å². The number of nitrogens with zero attached hydrogens (tertiary/aromatic N) is 2. The molecule has 1 aliphatic heterocycles. The van der Waals surface area contributed by atoms with Gasteiger partial charge in [0, 0.05) is 38.3 Å². The third kappa shape index (κ3) is 6.46. The highest BCUT2D eigenvalue weighted by molar-refractivity contribution is 5.96. The summed E-state index contributed by atoms with van der Waals surface area (Å²) in [7, 11) is 1.51. The molecule has 9 heteroatoms. The number of hydrogen-bond acceptors (Lipinski definition) is 4. The molecule has 1 fully saturated rings. The van der Waals surface area contributed by atoms with Crippen molar-refractivity contribution in [1.82, 2.24) is 15.1 Å². The van der Waals surface area contributed by atoms with Gasteiger partial charge >= 0.3 is 6.18 Å². The molecule has 3 rings (SSSR count). The lowest BCUT2D eigenvalue weighted by Gasteiger charge is -2.22. The van der Waals surface area contributed by atoms with Crippen molar-refractivity contribution in [2.75, 3.05) is 39.8 Å². The first-order valence-corrected chi connectivity index (χ1v) is 10.3. The van der Waals surface area contributed by atoms with E-state index in [-0.39, 0.29) is 18.4 Å². The summed E-state index contributed by atoms with van der Waals surface area (Å²) >= 11 is 0. The van der Waals surface area contributed by atoms with E-state index in [2.05, 4.69) is 10.2 Å². The van der Waals surface area contributed by atoms with Crippen LogP contribution in [0.4, 0.5) is 13.2 Å². The lowest BCUT2D eigenvalue weighted by Crippen LogP contribution is -2.42. The first-order chi connectivity index (χ1) is 15.3. The second-order valence-corrected chi connectivity index (χ2v) is 7.62. The summed E-state index contributed by atoms with van der Waals surface area (Å²) < 4.78 is 43.2. The molecular formula is C23H26F3N3O3. The van der Waals surface area contributed by atoms with Crippen molar-refractivity contribution in [3.05, 3.63) is 65.2 Å². The number of halogens is 3. The molecule has 1 aliphatic rings. The van der Waals surface area contributed by atoms with Gasteiger partial charge in [0.05, 0.1) is 19.2 Å². The molecule has 0 saturated carbocycles. The van der Waals surface area contributed by atoms with Gasteiger partial charge in [-0.1, -0.05) is 18.2 Å². The third-order valence-corrected chi connectivity index (χ3v) is 5.36. The van der Waals surface area contributed by atoms with Crippen LogP contribution in [0.1, 0.15) is 27.9 Å². The summed E-state index contributed by atoms with van der Waals surface area (Å²) in [6, 6.07) is 11.8. The first-order valence-electron chi connectivity index (χ1n) is 10.3. The summed E-state index contributed by atoms with van der Waals surface area (Å²) in [5.41, 5.74) is 0.545. The van der Waals surface area contributed by atoms with E-state index in [9.17, 15) is 22.8 Å². The van der Waals surface area contributed by atoms with Crippen LogP contribution in [0.25, 0.3) is 0 Å².